The smallest absolute Gasteiger partial charge is 0.303 e. The number of unbranched alkanes of at least 4 members (excludes halogenated alkanes) is 18. The van der Waals surface area contributed by atoms with Crippen LogP contribution >= 0.6 is 0 Å². The van der Waals surface area contributed by atoms with E-state index in [9.17, 15) is 9.59 Å². The summed E-state index contributed by atoms with van der Waals surface area (Å²) in [6.45, 7) is 6.83. The molecule has 0 bridgehead atoms. The standard InChI is InChI=1S/C18H36O2.C11H22O2/c1-17(2)15-13-11-9-7-5-3-4-6-8-10-12-14-16-18(19)20;1-2-3-4-5-6-7-8-9-10-11(12)13/h17H,3-16H2,1-2H3,(H,19,20);2-10H2,1H3,(H,12,13). The minimum Gasteiger partial charge on any atom is -0.481 e. The summed E-state index contributed by atoms with van der Waals surface area (Å²) in [4.78, 5) is 20.5. The third-order valence-electron chi connectivity index (χ3n) is 6.17. The summed E-state index contributed by atoms with van der Waals surface area (Å²) in [5.41, 5.74) is 0. The molecule has 2 N–H and O–H groups in total. The number of carboxylic acids is 2. The number of aliphatic carboxylic acids is 2. The van der Waals surface area contributed by atoms with Crippen LogP contribution in [0.5, 0.6) is 0 Å². The quantitative estimate of drug-likeness (QED) is 0.138. The van der Waals surface area contributed by atoms with E-state index < -0.39 is 11.9 Å². The highest BCUT2D eigenvalue weighted by molar-refractivity contribution is 5.66. The zero-order valence-electron chi connectivity index (χ0n) is 22.6. The summed E-state index contributed by atoms with van der Waals surface area (Å²) < 4.78 is 0. The molecular weight excluding hydrogens is 412 g/mol. The third-order valence-corrected chi connectivity index (χ3v) is 6.17. The van der Waals surface area contributed by atoms with Crippen molar-refractivity contribution in [1.82, 2.24) is 0 Å². The van der Waals surface area contributed by atoms with Crippen LogP contribution in [0.2, 0.25) is 0 Å². The van der Waals surface area contributed by atoms with Crippen molar-refractivity contribution < 1.29 is 19.8 Å². The first-order valence-corrected chi connectivity index (χ1v) is 14.3. The van der Waals surface area contributed by atoms with Crippen molar-refractivity contribution in [3.8, 4) is 0 Å². The lowest BCUT2D eigenvalue weighted by molar-refractivity contribution is -0.138. The third kappa shape index (κ3) is 38.5. The SMILES string of the molecule is CC(C)CCCCCCCCCCCCCCC(=O)O.CCCCCCCCCCC(=O)O. The molecule has 0 atom stereocenters. The van der Waals surface area contributed by atoms with Crippen molar-refractivity contribution in [2.45, 2.75) is 168 Å². The van der Waals surface area contributed by atoms with Crippen LogP contribution in [-0.4, -0.2) is 22.2 Å². The maximum absolute atomic E-state index is 10.3. The molecule has 0 spiro atoms. The summed E-state index contributed by atoms with van der Waals surface area (Å²) in [5.74, 6) is -0.449. The van der Waals surface area contributed by atoms with E-state index in [1.54, 1.807) is 0 Å². The Morgan fingerprint density at radius 1 is 0.485 bits per heavy atom. The molecule has 0 aliphatic rings. The molecule has 198 valence electrons. The number of rotatable bonds is 24. The van der Waals surface area contributed by atoms with Crippen molar-refractivity contribution in [2.24, 2.45) is 5.92 Å². The molecule has 0 aromatic rings. The number of carboxylic acid groups (broad SMARTS) is 2. The highest BCUT2D eigenvalue weighted by atomic mass is 16.4. The molecule has 0 heterocycles. The normalized spacial score (nSPS) is 10.8. The fraction of sp³-hybridized carbons (Fsp3) is 0.931. The monoisotopic (exact) mass is 470 g/mol. The largest absolute Gasteiger partial charge is 0.481 e. The molecule has 0 unspecified atom stereocenters. The molecule has 0 aromatic carbocycles. The molecule has 4 heteroatoms. The van der Waals surface area contributed by atoms with Gasteiger partial charge in [-0.25, -0.2) is 0 Å². The van der Waals surface area contributed by atoms with Crippen molar-refractivity contribution >= 4 is 11.9 Å². The van der Waals surface area contributed by atoms with Gasteiger partial charge in [0.15, 0.2) is 0 Å². The Morgan fingerprint density at radius 3 is 1.03 bits per heavy atom. The van der Waals surface area contributed by atoms with Crippen LogP contribution in [0.1, 0.15) is 168 Å². The van der Waals surface area contributed by atoms with Gasteiger partial charge in [-0.1, -0.05) is 143 Å². The molecule has 0 fully saturated rings. The first-order chi connectivity index (χ1) is 15.9. The first kappa shape index (κ1) is 34.1. The molecular formula is C29H58O4. The van der Waals surface area contributed by atoms with Crippen LogP contribution in [0.4, 0.5) is 0 Å². The van der Waals surface area contributed by atoms with E-state index in [0.29, 0.717) is 12.8 Å². The second-order valence-electron chi connectivity index (χ2n) is 10.2. The molecule has 0 aromatic heterocycles. The van der Waals surface area contributed by atoms with Crippen LogP contribution in [0, 0.1) is 5.92 Å². The lowest BCUT2D eigenvalue weighted by Crippen LogP contribution is -1.93. The summed E-state index contributed by atoms with van der Waals surface area (Å²) in [5, 5.41) is 16.9. The average Bonchev–Trinajstić information content (AvgIpc) is 2.75. The van der Waals surface area contributed by atoms with Gasteiger partial charge < -0.3 is 10.2 Å². The summed E-state index contributed by atoms with van der Waals surface area (Å²) in [6.07, 6.45) is 27.4. The van der Waals surface area contributed by atoms with Crippen molar-refractivity contribution in [2.75, 3.05) is 0 Å². The topological polar surface area (TPSA) is 74.6 Å². The van der Waals surface area contributed by atoms with E-state index >= 15 is 0 Å². The number of hydrogen-bond acceptors (Lipinski definition) is 2. The van der Waals surface area contributed by atoms with E-state index in [2.05, 4.69) is 20.8 Å². The van der Waals surface area contributed by atoms with E-state index in [4.69, 9.17) is 10.2 Å². The highest BCUT2D eigenvalue weighted by Crippen LogP contribution is 2.14. The Labute approximate surface area is 206 Å². The van der Waals surface area contributed by atoms with Gasteiger partial charge in [0.25, 0.3) is 0 Å². The number of hydrogen-bond donors (Lipinski definition) is 2. The Kier molecular flexibility index (Phi) is 29.9. The van der Waals surface area contributed by atoms with Gasteiger partial charge in [-0.15, -0.1) is 0 Å². The van der Waals surface area contributed by atoms with Crippen LogP contribution in [0.3, 0.4) is 0 Å². The van der Waals surface area contributed by atoms with Gasteiger partial charge in [0.2, 0.25) is 0 Å². The summed E-state index contributed by atoms with van der Waals surface area (Å²) in [6, 6.07) is 0. The second kappa shape index (κ2) is 29.0. The Hall–Kier alpha value is -1.06. The molecule has 0 rings (SSSR count). The molecule has 4 nitrogen and oxygen atoms in total. The van der Waals surface area contributed by atoms with Gasteiger partial charge >= 0.3 is 11.9 Å². The first-order valence-electron chi connectivity index (χ1n) is 14.3. The van der Waals surface area contributed by atoms with Crippen molar-refractivity contribution in [3.63, 3.8) is 0 Å². The average molecular weight is 471 g/mol. The predicted molar refractivity (Wildman–Crippen MR) is 142 cm³/mol. The van der Waals surface area contributed by atoms with Gasteiger partial charge in [0, 0.05) is 12.8 Å². The molecule has 0 aliphatic carbocycles. The zero-order chi connectivity index (χ0) is 25.0. The molecule has 0 saturated heterocycles. The summed E-state index contributed by atoms with van der Waals surface area (Å²) >= 11 is 0. The molecule has 33 heavy (non-hydrogen) atoms. The van der Waals surface area contributed by atoms with E-state index in [-0.39, 0.29) is 0 Å². The Balaban J connectivity index is 0. The highest BCUT2D eigenvalue weighted by Gasteiger charge is 1.98. The fourth-order valence-electron chi connectivity index (χ4n) is 4.01. The molecule has 0 amide bonds. The predicted octanol–water partition coefficient (Wildman–Crippen LogP) is 9.79. The van der Waals surface area contributed by atoms with Crippen molar-refractivity contribution in [3.05, 3.63) is 0 Å². The van der Waals surface area contributed by atoms with Crippen molar-refractivity contribution in [1.29, 1.82) is 0 Å². The van der Waals surface area contributed by atoms with Crippen LogP contribution in [0.25, 0.3) is 0 Å². The van der Waals surface area contributed by atoms with Crippen LogP contribution in [0.15, 0.2) is 0 Å². The zero-order valence-corrected chi connectivity index (χ0v) is 22.6. The van der Waals surface area contributed by atoms with Gasteiger partial charge in [0.05, 0.1) is 0 Å². The lowest BCUT2D eigenvalue weighted by atomic mass is 10.0. The van der Waals surface area contributed by atoms with E-state index in [1.165, 1.54) is 109 Å². The second-order valence-corrected chi connectivity index (χ2v) is 10.2. The number of carbonyl (C=O) groups is 2. The maximum atomic E-state index is 10.3. The Morgan fingerprint density at radius 2 is 0.758 bits per heavy atom. The summed E-state index contributed by atoms with van der Waals surface area (Å²) in [7, 11) is 0. The molecule has 0 radical (unpaired) electrons. The van der Waals surface area contributed by atoms with E-state index in [0.717, 1.165) is 31.6 Å². The maximum Gasteiger partial charge on any atom is 0.303 e. The lowest BCUT2D eigenvalue weighted by Gasteiger charge is -2.04. The van der Waals surface area contributed by atoms with Gasteiger partial charge in [0.1, 0.15) is 0 Å². The van der Waals surface area contributed by atoms with Crippen LogP contribution in [-0.2, 0) is 9.59 Å². The Bertz CT molecular complexity index is 406. The van der Waals surface area contributed by atoms with Crippen LogP contribution < -0.4 is 0 Å². The van der Waals surface area contributed by atoms with E-state index in [1.807, 2.05) is 0 Å². The van der Waals surface area contributed by atoms with Gasteiger partial charge in [-0.05, 0) is 18.8 Å². The molecule has 0 aliphatic heterocycles. The molecule has 0 saturated carbocycles. The van der Waals surface area contributed by atoms with Gasteiger partial charge in [-0.2, -0.15) is 0 Å². The van der Waals surface area contributed by atoms with Gasteiger partial charge in [-0.3, -0.25) is 9.59 Å². The minimum absolute atomic E-state index is 0.342. The minimum atomic E-state index is -0.661. The fourth-order valence-corrected chi connectivity index (χ4v) is 4.01.